The fourth-order valence-corrected chi connectivity index (χ4v) is 6.99. The normalized spacial score (nSPS) is 11.9. The highest BCUT2D eigenvalue weighted by molar-refractivity contribution is 7.92. The van der Waals surface area contributed by atoms with Crippen LogP contribution in [0, 0.1) is 0 Å². The van der Waals surface area contributed by atoms with Gasteiger partial charge in [0.05, 0.1) is 15.6 Å². The van der Waals surface area contributed by atoms with Gasteiger partial charge in [0, 0.05) is 29.6 Å². The molecule has 0 radical (unpaired) electrons. The fraction of sp³-hybridized carbons (Fsp3) is 0.235. The number of unbranched alkanes of at least 4 members (excludes halogenated alkanes) is 1. The van der Waals surface area contributed by atoms with Crippen molar-refractivity contribution < 1.29 is 18.0 Å². The molecule has 236 valence electrons. The minimum Gasteiger partial charge on any atom is -0.354 e. The highest BCUT2D eigenvalue weighted by Crippen LogP contribution is 2.31. The third-order valence-electron chi connectivity index (χ3n) is 7.19. The molecular weight excluding hydrogens is 653 g/mol. The van der Waals surface area contributed by atoms with Crippen molar-refractivity contribution in [3.05, 3.63) is 129 Å². The van der Waals surface area contributed by atoms with Crippen molar-refractivity contribution in [3.63, 3.8) is 0 Å². The van der Waals surface area contributed by atoms with E-state index in [2.05, 4.69) is 5.32 Å². The van der Waals surface area contributed by atoms with Gasteiger partial charge >= 0.3 is 0 Å². The summed E-state index contributed by atoms with van der Waals surface area (Å²) in [6, 6.07) is 27.5. The Morgan fingerprint density at radius 1 is 0.822 bits per heavy atom. The van der Waals surface area contributed by atoms with Gasteiger partial charge in [-0.2, -0.15) is 0 Å². The fourth-order valence-electron chi connectivity index (χ4n) is 4.78. The zero-order chi connectivity index (χ0) is 32.4. The molecule has 7 nitrogen and oxygen atoms in total. The topological polar surface area (TPSA) is 86.8 Å². The van der Waals surface area contributed by atoms with E-state index in [0.717, 1.165) is 22.7 Å². The van der Waals surface area contributed by atoms with Gasteiger partial charge in [-0.05, 0) is 53.9 Å². The largest absolute Gasteiger partial charge is 0.354 e. The minimum atomic E-state index is -4.26. The first-order chi connectivity index (χ1) is 21.6. The highest BCUT2D eigenvalue weighted by Gasteiger charge is 2.35. The number of para-hydroxylation sites is 1. The Kier molecular flexibility index (Phi) is 12.3. The molecule has 1 N–H and O–H groups in total. The number of anilines is 1. The maximum Gasteiger partial charge on any atom is 0.264 e. The van der Waals surface area contributed by atoms with Crippen LogP contribution in [0.15, 0.2) is 108 Å². The zero-order valence-corrected chi connectivity index (χ0v) is 27.8. The van der Waals surface area contributed by atoms with E-state index >= 15 is 0 Å². The lowest BCUT2D eigenvalue weighted by atomic mass is 10.0. The lowest BCUT2D eigenvalue weighted by Crippen LogP contribution is -2.53. The van der Waals surface area contributed by atoms with E-state index in [1.165, 1.54) is 23.1 Å². The van der Waals surface area contributed by atoms with Crippen LogP contribution in [0.2, 0.25) is 15.1 Å². The Labute approximate surface area is 279 Å². The molecule has 45 heavy (non-hydrogen) atoms. The van der Waals surface area contributed by atoms with Crippen LogP contribution in [0.3, 0.4) is 0 Å². The molecule has 0 aliphatic heterocycles. The summed E-state index contributed by atoms with van der Waals surface area (Å²) in [5.74, 6) is -0.979. The SMILES string of the molecule is CCCCNC(=O)[C@@H](Cc1ccccc1)N(Cc1ccc(Cl)cc1Cl)C(=O)CN(c1ccccc1Cl)S(=O)(=O)c1ccccc1. The molecule has 0 fully saturated rings. The molecule has 2 amide bonds. The number of rotatable bonds is 14. The molecule has 0 unspecified atom stereocenters. The van der Waals surface area contributed by atoms with E-state index in [-0.39, 0.29) is 34.5 Å². The van der Waals surface area contributed by atoms with Crippen LogP contribution >= 0.6 is 34.8 Å². The Morgan fingerprint density at radius 2 is 1.47 bits per heavy atom. The number of carbonyl (C=O) groups excluding carboxylic acids is 2. The standard InChI is InChI=1S/C34H34Cl3N3O4S/c1-2-3-20-38-34(42)32(21-25-12-6-4-7-13-25)39(23-26-18-19-27(35)22-30(26)37)33(41)24-40(31-17-11-10-16-29(31)36)45(43,44)28-14-8-5-9-15-28/h4-19,22,32H,2-3,20-21,23-24H2,1H3,(H,38,42)/t32-/m1/s1. The van der Waals surface area contributed by atoms with Gasteiger partial charge in [0.15, 0.2) is 0 Å². The number of nitrogens with zero attached hydrogens (tertiary/aromatic N) is 2. The van der Waals surface area contributed by atoms with E-state index in [1.807, 2.05) is 37.3 Å². The Morgan fingerprint density at radius 3 is 2.11 bits per heavy atom. The number of benzene rings is 4. The minimum absolute atomic E-state index is 0.0110. The molecule has 4 rings (SSSR count). The number of sulfonamides is 1. The highest BCUT2D eigenvalue weighted by atomic mass is 35.5. The summed E-state index contributed by atoms with van der Waals surface area (Å²) in [5, 5.41) is 3.83. The third kappa shape index (κ3) is 9.01. The van der Waals surface area contributed by atoms with Gasteiger partial charge in [-0.25, -0.2) is 8.42 Å². The Hall–Kier alpha value is -3.56. The van der Waals surface area contributed by atoms with Crippen molar-refractivity contribution in [2.24, 2.45) is 0 Å². The van der Waals surface area contributed by atoms with Gasteiger partial charge < -0.3 is 10.2 Å². The number of hydrogen-bond acceptors (Lipinski definition) is 4. The lowest BCUT2D eigenvalue weighted by Gasteiger charge is -2.34. The molecule has 1 atom stereocenters. The van der Waals surface area contributed by atoms with Crippen molar-refractivity contribution >= 4 is 62.3 Å². The Balaban J connectivity index is 1.81. The van der Waals surface area contributed by atoms with Gasteiger partial charge in [-0.1, -0.05) is 115 Å². The summed E-state index contributed by atoms with van der Waals surface area (Å²) < 4.78 is 29.1. The molecule has 0 aliphatic rings. The summed E-state index contributed by atoms with van der Waals surface area (Å²) >= 11 is 19.2. The smallest absolute Gasteiger partial charge is 0.264 e. The zero-order valence-electron chi connectivity index (χ0n) is 24.7. The number of carbonyl (C=O) groups is 2. The van der Waals surface area contributed by atoms with Crippen LogP contribution in [-0.4, -0.2) is 44.3 Å². The van der Waals surface area contributed by atoms with Crippen molar-refractivity contribution in [2.75, 3.05) is 17.4 Å². The molecule has 4 aromatic rings. The summed E-state index contributed by atoms with van der Waals surface area (Å²) in [6.07, 6.45) is 1.82. The first-order valence-corrected chi connectivity index (χ1v) is 17.1. The molecule has 4 aromatic carbocycles. The maximum atomic E-state index is 14.5. The van der Waals surface area contributed by atoms with Gasteiger partial charge in [0.1, 0.15) is 12.6 Å². The first kappa shape index (κ1) is 34.3. The van der Waals surface area contributed by atoms with Gasteiger partial charge in [0.2, 0.25) is 11.8 Å². The van der Waals surface area contributed by atoms with Crippen molar-refractivity contribution in [3.8, 4) is 0 Å². The molecule has 0 spiro atoms. The molecule has 0 aliphatic carbocycles. The maximum absolute atomic E-state index is 14.5. The molecule has 0 saturated heterocycles. The third-order valence-corrected chi connectivity index (χ3v) is 9.87. The predicted octanol–water partition coefficient (Wildman–Crippen LogP) is 7.40. The molecule has 11 heteroatoms. The second-order valence-electron chi connectivity index (χ2n) is 10.4. The first-order valence-electron chi connectivity index (χ1n) is 14.5. The number of nitrogens with one attached hydrogen (secondary N) is 1. The van der Waals surface area contributed by atoms with Gasteiger partial charge in [-0.3, -0.25) is 13.9 Å². The van der Waals surface area contributed by atoms with Gasteiger partial charge in [0.25, 0.3) is 10.0 Å². The average molecular weight is 687 g/mol. The van der Waals surface area contributed by atoms with Crippen LogP contribution < -0.4 is 9.62 Å². The van der Waals surface area contributed by atoms with Crippen molar-refractivity contribution in [1.82, 2.24) is 10.2 Å². The van der Waals surface area contributed by atoms with Crippen molar-refractivity contribution in [2.45, 2.75) is 43.7 Å². The molecule has 0 heterocycles. The quantitative estimate of drug-likeness (QED) is 0.140. The number of hydrogen-bond donors (Lipinski definition) is 1. The van der Waals surface area contributed by atoms with Gasteiger partial charge in [-0.15, -0.1) is 0 Å². The predicted molar refractivity (Wildman–Crippen MR) is 181 cm³/mol. The van der Waals surface area contributed by atoms with Crippen LogP contribution in [0.25, 0.3) is 0 Å². The summed E-state index contributed by atoms with van der Waals surface area (Å²) in [5.41, 5.74) is 1.50. The van der Waals surface area contributed by atoms with E-state index in [9.17, 15) is 18.0 Å². The van der Waals surface area contributed by atoms with Crippen LogP contribution in [-0.2, 0) is 32.6 Å². The molecule has 0 saturated carbocycles. The van der Waals surface area contributed by atoms with Crippen molar-refractivity contribution in [1.29, 1.82) is 0 Å². The van der Waals surface area contributed by atoms with E-state index in [4.69, 9.17) is 34.8 Å². The molecule has 0 aromatic heterocycles. The summed E-state index contributed by atoms with van der Waals surface area (Å²) in [7, 11) is -4.26. The van der Waals surface area contributed by atoms with E-state index in [1.54, 1.807) is 54.6 Å². The Bertz CT molecular complexity index is 1710. The molecule has 0 bridgehead atoms. The second-order valence-corrected chi connectivity index (χ2v) is 13.5. The van der Waals surface area contributed by atoms with Crippen LogP contribution in [0.1, 0.15) is 30.9 Å². The lowest BCUT2D eigenvalue weighted by molar-refractivity contribution is -0.140. The monoisotopic (exact) mass is 685 g/mol. The van der Waals surface area contributed by atoms with Crippen LogP contribution in [0.4, 0.5) is 5.69 Å². The average Bonchev–Trinajstić information content (AvgIpc) is 3.03. The van der Waals surface area contributed by atoms with Crippen LogP contribution in [0.5, 0.6) is 0 Å². The summed E-state index contributed by atoms with van der Waals surface area (Å²) in [4.78, 5) is 29.7. The van der Waals surface area contributed by atoms with E-state index in [0.29, 0.717) is 22.2 Å². The number of amides is 2. The number of halogens is 3. The second kappa shape index (κ2) is 16.1. The summed E-state index contributed by atoms with van der Waals surface area (Å²) in [6.45, 7) is 1.75. The molecular formula is C34H34Cl3N3O4S. The van der Waals surface area contributed by atoms with E-state index < -0.39 is 28.5 Å².